The van der Waals surface area contributed by atoms with Crippen molar-refractivity contribution in [3.63, 3.8) is 0 Å². The molecule has 0 N–H and O–H groups in total. The minimum absolute atomic E-state index is 0.0211. The Morgan fingerprint density at radius 3 is 2.16 bits per heavy atom. The minimum atomic E-state index is -4.19. The summed E-state index contributed by atoms with van der Waals surface area (Å²) in [5.41, 5.74) is 1.04. The van der Waals surface area contributed by atoms with Crippen molar-refractivity contribution in [1.29, 1.82) is 0 Å². The largest absolute Gasteiger partial charge is 0.457 e. The number of hydrogen-bond acceptors (Lipinski definition) is 8. The Balaban J connectivity index is 1.62. The van der Waals surface area contributed by atoms with Gasteiger partial charge >= 0.3 is 5.97 Å². The van der Waals surface area contributed by atoms with Crippen LogP contribution >= 0.6 is 0 Å². The quantitative estimate of drug-likeness (QED) is 0.248. The van der Waals surface area contributed by atoms with Gasteiger partial charge in [-0.1, -0.05) is 78.4 Å². The van der Waals surface area contributed by atoms with E-state index in [4.69, 9.17) is 24.5 Å². The van der Waals surface area contributed by atoms with E-state index in [0.717, 1.165) is 16.7 Å². The summed E-state index contributed by atoms with van der Waals surface area (Å²) in [5.74, 6) is -0.622. The second kappa shape index (κ2) is 12.6. The molecule has 0 saturated carbocycles. The molecule has 38 heavy (non-hydrogen) atoms. The molecule has 4 atom stereocenters. The molecule has 8 nitrogen and oxygen atoms in total. The third-order valence-electron chi connectivity index (χ3n) is 6.05. The first-order valence-corrected chi connectivity index (χ1v) is 13.6. The zero-order chi connectivity index (χ0) is 27.9. The molecule has 2 unspecified atom stereocenters. The molecule has 0 amide bonds. The van der Waals surface area contributed by atoms with Crippen molar-refractivity contribution in [2.45, 2.75) is 49.8 Å². The number of ether oxygens (including phenoxy) is 4. The van der Waals surface area contributed by atoms with Gasteiger partial charge in [-0.3, -0.25) is 8.98 Å². The molecule has 0 radical (unpaired) electrons. The number of rotatable bonds is 12. The zero-order valence-electron chi connectivity index (χ0n) is 22.3. The second-order valence-electron chi connectivity index (χ2n) is 9.12. The molecule has 0 bridgehead atoms. The average molecular weight is 543 g/mol. The predicted octanol–water partition coefficient (Wildman–Crippen LogP) is 4.20. The highest BCUT2D eigenvalue weighted by Crippen LogP contribution is 2.34. The molecule has 3 aromatic carbocycles. The Bertz CT molecular complexity index is 1320. The van der Waals surface area contributed by atoms with Gasteiger partial charge in [0.15, 0.2) is 6.10 Å². The molecular formula is C29H32O8S. The smallest absolute Gasteiger partial charge is 0.303 e. The Hall–Kier alpha value is -3.08. The van der Waals surface area contributed by atoms with Crippen LogP contribution in [0.25, 0.3) is 0 Å². The fraction of sp³-hybridized carbons (Fsp3) is 0.345. The van der Waals surface area contributed by atoms with Gasteiger partial charge in [-0.05, 0) is 30.2 Å². The summed E-state index contributed by atoms with van der Waals surface area (Å²) in [6.07, 6.45) is -2.20. The highest BCUT2D eigenvalue weighted by Gasteiger charge is 2.54. The van der Waals surface area contributed by atoms with E-state index in [2.05, 4.69) is 0 Å². The molecular weight excluding hydrogens is 508 g/mol. The fourth-order valence-corrected chi connectivity index (χ4v) is 5.03. The maximum absolute atomic E-state index is 13.1. The van der Waals surface area contributed by atoms with Crippen LogP contribution in [0.2, 0.25) is 0 Å². The van der Waals surface area contributed by atoms with Crippen LogP contribution in [0, 0.1) is 6.92 Å². The van der Waals surface area contributed by atoms with Crippen molar-refractivity contribution in [3.8, 4) is 0 Å². The maximum Gasteiger partial charge on any atom is 0.303 e. The zero-order valence-corrected chi connectivity index (χ0v) is 22.1. The highest BCUT2D eigenvalue weighted by molar-refractivity contribution is 7.86. The molecule has 1 fully saturated rings. The third-order valence-corrected chi connectivity index (χ3v) is 7.33. The van der Waals surface area contributed by atoms with Gasteiger partial charge in [0.1, 0.15) is 18.3 Å². The van der Waals surface area contributed by atoms with Crippen molar-refractivity contribution in [1.82, 2.24) is 0 Å². The van der Waals surface area contributed by atoms with Crippen LogP contribution < -0.4 is 0 Å². The summed E-state index contributed by atoms with van der Waals surface area (Å²) in [6, 6.07) is 25.0. The summed E-state index contributed by atoms with van der Waals surface area (Å²) >= 11 is 0. The van der Waals surface area contributed by atoms with Crippen LogP contribution in [-0.4, -0.2) is 52.0 Å². The normalized spacial score (nSPS) is 23.6. The van der Waals surface area contributed by atoms with Crippen LogP contribution in [0.5, 0.6) is 0 Å². The number of aryl methyl sites for hydroxylation is 1. The van der Waals surface area contributed by atoms with Gasteiger partial charge in [-0.15, -0.1) is 0 Å². The molecule has 1 saturated heterocycles. The third kappa shape index (κ3) is 7.27. The van der Waals surface area contributed by atoms with Crippen LogP contribution in [0.1, 0.15) is 25.0 Å². The summed E-state index contributed by atoms with van der Waals surface area (Å²) in [4.78, 5) is 11.9. The van der Waals surface area contributed by atoms with Crippen LogP contribution in [-0.2, 0) is 51.3 Å². The van der Waals surface area contributed by atoms with Gasteiger partial charge in [0.25, 0.3) is 10.1 Å². The van der Waals surface area contributed by atoms with Gasteiger partial charge in [0, 0.05) is 6.92 Å². The summed E-state index contributed by atoms with van der Waals surface area (Å²) in [7, 11) is -4.19. The van der Waals surface area contributed by atoms with Crippen LogP contribution in [0.15, 0.2) is 89.8 Å². The SMILES string of the molecule is [3H]C1O[C@@](COCc2ccccc2)(COS(=O)(=O)c2ccc(C)cc2)C(OCc2ccccc2)[C@@H]1OC(C)=O. The molecule has 0 aliphatic carbocycles. The van der Waals surface area contributed by atoms with Crippen molar-refractivity contribution in [2.75, 3.05) is 19.8 Å². The molecule has 1 heterocycles. The lowest BCUT2D eigenvalue weighted by Gasteiger charge is -2.34. The van der Waals surface area contributed by atoms with Gasteiger partial charge in [0.2, 0.25) is 0 Å². The first-order valence-electron chi connectivity index (χ1n) is 12.8. The Kier molecular flexibility index (Phi) is 8.83. The van der Waals surface area contributed by atoms with Crippen molar-refractivity contribution in [2.24, 2.45) is 0 Å². The van der Waals surface area contributed by atoms with Crippen molar-refractivity contribution < 1.29 is 37.7 Å². The van der Waals surface area contributed by atoms with Crippen molar-refractivity contribution in [3.05, 3.63) is 102 Å². The van der Waals surface area contributed by atoms with Gasteiger partial charge < -0.3 is 18.9 Å². The fourth-order valence-electron chi connectivity index (χ4n) is 4.07. The lowest BCUT2D eigenvalue weighted by molar-refractivity contribution is -0.166. The van der Waals surface area contributed by atoms with Crippen molar-refractivity contribution >= 4 is 16.1 Å². The van der Waals surface area contributed by atoms with Gasteiger partial charge in [0.05, 0.1) is 32.7 Å². The van der Waals surface area contributed by atoms with E-state index in [9.17, 15) is 13.2 Å². The molecule has 202 valence electrons. The standard InChI is InChI=1S/C29H32O8S/c1-22-13-15-26(16-14-22)38(31,32)36-21-29(20-33-17-24-9-5-3-6-10-24)28(27(19-35-29)37-23(2)30)34-18-25-11-7-4-8-12-25/h3-16,27-28H,17-21H2,1-2H3/t27-,28?,29+/m1/s1/i19T/t19?,27-,28?,29+. The Morgan fingerprint density at radius 2 is 1.55 bits per heavy atom. The minimum Gasteiger partial charge on any atom is -0.457 e. The Morgan fingerprint density at radius 1 is 0.947 bits per heavy atom. The maximum atomic E-state index is 13.1. The van der Waals surface area contributed by atoms with E-state index >= 15 is 0 Å². The first kappa shape index (κ1) is 26.5. The number of benzene rings is 3. The van der Waals surface area contributed by atoms with E-state index in [1.165, 1.54) is 19.1 Å². The first-order chi connectivity index (χ1) is 18.7. The van der Waals surface area contributed by atoms with Gasteiger partial charge in [-0.2, -0.15) is 8.42 Å². The highest BCUT2D eigenvalue weighted by atomic mass is 32.2. The van der Waals surface area contributed by atoms with E-state index in [1.807, 2.05) is 67.6 Å². The van der Waals surface area contributed by atoms with E-state index < -0.39 is 47.1 Å². The Labute approximate surface area is 225 Å². The summed E-state index contributed by atoms with van der Waals surface area (Å²) in [6.45, 7) is 1.31. The van der Waals surface area contributed by atoms with Crippen LogP contribution in [0.4, 0.5) is 0 Å². The van der Waals surface area contributed by atoms with Gasteiger partial charge in [-0.25, -0.2) is 0 Å². The summed E-state index contributed by atoms with van der Waals surface area (Å²) < 4.78 is 63.8. The van der Waals surface area contributed by atoms with E-state index in [-0.39, 0.29) is 24.7 Å². The predicted molar refractivity (Wildman–Crippen MR) is 140 cm³/mol. The topological polar surface area (TPSA) is 97.4 Å². The summed E-state index contributed by atoms with van der Waals surface area (Å²) in [5, 5.41) is 0. The number of hydrogen-bond donors (Lipinski definition) is 0. The molecule has 4 rings (SSSR count). The number of carbonyl (C=O) groups is 1. The average Bonchev–Trinajstić information content (AvgIpc) is 3.17. The number of esters is 1. The second-order valence-corrected chi connectivity index (χ2v) is 10.7. The molecule has 0 spiro atoms. The molecule has 0 aromatic heterocycles. The molecule has 3 aromatic rings. The monoisotopic (exact) mass is 542 g/mol. The number of carbonyl (C=O) groups excluding carboxylic acids is 1. The lowest BCUT2D eigenvalue weighted by atomic mass is 9.96. The van der Waals surface area contributed by atoms with E-state index in [0.29, 0.717) is 0 Å². The lowest BCUT2D eigenvalue weighted by Crippen LogP contribution is -2.53. The van der Waals surface area contributed by atoms with Crippen LogP contribution in [0.3, 0.4) is 0 Å². The molecule has 1 aliphatic rings. The molecule has 1 aliphatic heterocycles. The van der Waals surface area contributed by atoms with E-state index in [1.54, 1.807) is 12.1 Å². The molecule has 9 heteroatoms.